The Hall–Kier alpha value is -1.83. The minimum absolute atomic E-state index is 0.598. The lowest BCUT2D eigenvalue weighted by Gasteiger charge is -2.24. The van der Waals surface area contributed by atoms with E-state index in [1.54, 1.807) is 0 Å². The summed E-state index contributed by atoms with van der Waals surface area (Å²) >= 11 is 0. The van der Waals surface area contributed by atoms with Crippen molar-refractivity contribution in [3.63, 3.8) is 0 Å². The summed E-state index contributed by atoms with van der Waals surface area (Å²) in [6.45, 7) is 13.5. The highest BCUT2D eigenvalue weighted by Crippen LogP contribution is 2.28. The van der Waals surface area contributed by atoms with Gasteiger partial charge in [0.2, 0.25) is 0 Å². The quantitative estimate of drug-likeness (QED) is 0.675. The molecule has 1 aromatic heterocycles. The number of nitrogens with one attached hydrogen (secondary N) is 1. The van der Waals surface area contributed by atoms with E-state index in [1.165, 1.54) is 34.0 Å². The largest absolute Gasteiger partial charge is 0.344 e. The van der Waals surface area contributed by atoms with Gasteiger partial charge in [-0.2, -0.15) is 0 Å². The van der Waals surface area contributed by atoms with Gasteiger partial charge in [0, 0.05) is 17.3 Å². The minimum atomic E-state index is 0.598. The van der Waals surface area contributed by atoms with Crippen molar-refractivity contribution in [1.29, 1.82) is 0 Å². The van der Waals surface area contributed by atoms with E-state index in [4.69, 9.17) is 0 Å². The highest BCUT2D eigenvalue weighted by Gasteiger charge is 2.16. The number of anilines is 1. The Morgan fingerprint density at radius 1 is 1.13 bits per heavy atom. The van der Waals surface area contributed by atoms with Gasteiger partial charge in [0.25, 0.3) is 0 Å². The summed E-state index contributed by atoms with van der Waals surface area (Å²) in [6, 6.07) is 8.63. The number of benzene rings is 1. The van der Waals surface area contributed by atoms with Gasteiger partial charge < -0.3 is 5.32 Å². The number of hydrogen-bond donors (Lipinski definition) is 1. The van der Waals surface area contributed by atoms with Gasteiger partial charge in [-0.1, -0.05) is 51.8 Å². The average molecular weight is 310 g/mol. The Morgan fingerprint density at radius 3 is 2.52 bits per heavy atom. The Labute approximate surface area is 141 Å². The Morgan fingerprint density at radius 2 is 1.87 bits per heavy atom. The number of nitrogens with zero attached hydrogens (tertiary/aromatic N) is 1. The fourth-order valence-electron chi connectivity index (χ4n) is 3.23. The molecule has 1 heterocycles. The topological polar surface area (TPSA) is 24.9 Å². The van der Waals surface area contributed by atoms with E-state index in [0.29, 0.717) is 11.8 Å². The first-order chi connectivity index (χ1) is 11.0. The molecule has 0 bridgehead atoms. The molecule has 0 aliphatic carbocycles. The lowest BCUT2D eigenvalue weighted by molar-refractivity contribution is 0.417. The van der Waals surface area contributed by atoms with Crippen LogP contribution < -0.4 is 5.32 Å². The predicted octanol–water partition coefficient (Wildman–Crippen LogP) is 6.32. The normalized spacial score (nSPS) is 15.2. The van der Waals surface area contributed by atoms with Crippen LogP contribution in [0.25, 0.3) is 10.8 Å². The molecule has 0 spiro atoms. The fraction of sp³-hybridized carbons (Fsp3) is 0.476. The summed E-state index contributed by atoms with van der Waals surface area (Å²) in [5.41, 5.74) is 4.02. The van der Waals surface area contributed by atoms with Crippen LogP contribution in [0.1, 0.15) is 53.0 Å². The molecule has 1 N–H and O–H groups in total. The molecule has 0 radical (unpaired) electrons. The van der Waals surface area contributed by atoms with Gasteiger partial charge in [0.15, 0.2) is 0 Å². The molecule has 1 aromatic carbocycles. The van der Waals surface area contributed by atoms with E-state index in [9.17, 15) is 0 Å². The molecule has 2 rings (SSSR count). The molecule has 124 valence electrons. The summed E-state index contributed by atoms with van der Waals surface area (Å²) in [6.07, 6.45) is 4.25. The molecule has 0 saturated heterocycles. The monoisotopic (exact) mass is 310 g/mol. The SMILES string of the molecule is CC/C(=C(/C)Nc1cc2ccc(C)cc2cn1)C(C)[C@H](C)CC. The molecule has 2 nitrogen and oxygen atoms in total. The number of fused-ring (bicyclic) bond motifs is 1. The van der Waals surface area contributed by atoms with E-state index in [-0.39, 0.29) is 0 Å². The third-order valence-electron chi connectivity index (χ3n) is 5.10. The number of pyridine rings is 1. The molecule has 2 aromatic rings. The third kappa shape index (κ3) is 4.13. The maximum absolute atomic E-state index is 4.58. The smallest absolute Gasteiger partial charge is 0.130 e. The number of aromatic nitrogens is 1. The summed E-state index contributed by atoms with van der Waals surface area (Å²) < 4.78 is 0. The number of aryl methyl sites for hydroxylation is 1. The summed E-state index contributed by atoms with van der Waals surface area (Å²) in [5.74, 6) is 2.23. The second-order valence-electron chi connectivity index (χ2n) is 6.72. The van der Waals surface area contributed by atoms with E-state index in [2.05, 4.69) is 76.1 Å². The molecule has 2 atom stereocenters. The van der Waals surface area contributed by atoms with Crippen LogP contribution in [0.4, 0.5) is 5.82 Å². The number of allylic oxidation sites excluding steroid dienone is 2. The average Bonchev–Trinajstić information content (AvgIpc) is 2.54. The molecule has 1 unspecified atom stereocenters. The Bertz CT molecular complexity index is 700. The fourth-order valence-corrected chi connectivity index (χ4v) is 3.23. The van der Waals surface area contributed by atoms with Crippen LogP contribution >= 0.6 is 0 Å². The van der Waals surface area contributed by atoms with Crippen molar-refractivity contribution in [1.82, 2.24) is 4.98 Å². The van der Waals surface area contributed by atoms with Gasteiger partial charge in [-0.25, -0.2) is 4.98 Å². The summed E-state index contributed by atoms with van der Waals surface area (Å²) in [5, 5.41) is 5.95. The van der Waals surface area contributed by atoms with Crippen LogP contribution in [-0.2, 0) is 0 Å². The third-order valence-corrected chi connectivity index (χ3v) is 5.10. The van der Waals surface area contributed by atoms with Gasteiger partial charge >= 0.3 is 0 Å². The standard InChI is InChI=1S/C21H30N2/c1-7-15(4)16(5)20(8-2)17(6)23-21-12-18-10-9-14(3)11-19(18)13-22-21/h9-13,15-16H,7-8H2,1-6H3,(H,22,23)/b20-17+/t15-,16?/m1/s1. The predicted molar refractivity (Wildman–Crippen MR) is 102 cm³/mol. The maximum atomic E-state index is 4.58. The van der Waals surface area contributed by atoms with Crippen molar-refractivity contribution in [3.05, 3.63) is 47.3 Å². The molecule has 2 heteroatoms. The molecule has 0 saturated carbocycles. The molecule has 23 heavy (non-hydrogen) atoms. The first-order valence-electron chi connectivity index (χ1n) is 8.79. The van der Waals surface area contributed by atoms with Crippen molar-refractivity contribution in [3.8, 4) is 0 Å². The number of rotatable bonds is 6. The second kappa shape index (κ2) is 7.63. The zero-order valence-corrected chi connectivity index (χ0v) is 15.4. The number of hydrogen-bond acceptors (Lipinski definition) is 2. The molecule has 0 aliphatic rings. The Kier molecular flexibility index (Phi) is 5.81. The van der Waals surface area contributed by atoms with Crippen LogP contribution in [0.3, 0.4) is 0 Å². The van der Waals surface area contributed by atoms with Crippen LogP contribution in [0, 0.1) is 18.8 Å². The zero-order valence-electron chi connectivity index (χ0n) is 15.4. The van der Waals surface area contributed by atoms with Crippen LogP contribution in [0.15, 0.2) is 41.7 Å². The molecular formula is C21H30N2. The summed E-state index contributed by atoms with van der Waals surface area (Å²) in [7, 11) is 0. The lowest BCUT2D eigenvalue weighted by atomic mass is 9.84. The van der Waals surface area contributed by atoms with Gasteiger partial charge in [0.1, 0.15) is 5.82 Å². The first kappa shape index (κ1) is 17.5. The Balaban J connectivity index is 2.28. The van der Waals surface area contributed by atoms with Gasteiger partial charge in [0.05, 0.1) is 0 Å². The first-order valence-corrected chi connectivity index (χ1v) is 8.79. The van der Waals surface area contributed by atoms with Crippen LogP contribution in [0.2, 0.25) is 0 Å². The van der Waals surface area contributed by atoms with E-state index in [0.717, 1.165) is 12.2 Å². The van der Waals surface area contributed by atoms with E-state index in [1.807, 2.05) is 6.20 Å². The second-order valence-corrected chi connectivity index (χ2v) is 6.72. The molecular weight excluding hydrogens is 280 g/mol. The highest BCUT2D eigenvalue weighted by molar-refractivity contribution is 5.84. The summed E-state index contributed by atoms with van der Waals surface area (Å²) in [4.78, 5) is 4.58. The molecule has 0 aliphatic heterocycles. The molecule has 0 fully saturated rings. The van der Waals surface area contributed by atoms with Crippen molar-refractivity contribution in [2.24, 2.45) is 11.8 Å². The minimum Gasteiger partial charge on any atom is -0.344 e. The van der Waals surface area contributed by atoms with Crippen molar-refractivity contribution in [2.45, 2.75) is 54.4 Å². The van der Waals surface area contributed by atoms with Crippen molar-refractivity contribution in [2.75, 3.05) is 5.32 Å². The lowest BCUT2D eigenvalue weighted by Crippen LogP contribution is -2.14. The van der Waals surface area contributed by atoms with E-state index >= 15 is 0 Å². The van der Waals surface area contributed by atoms with Crippen LogP contribution in [-0.4, -0.2) is 4.98 Å². The van der Waals surface area contributed by atoms with E-state index < -0.39 is 0 Å². The van der Waals surface area contributed by atoms with Crippen molar-refractivity contribution < 1.29 is 0 Å². The maximum Gasteiger partial charge on any atom is 0.130 e. The zero-order chi connectivity index (χ0) is 17.0. The highest BCUT2D eigenvalue weighted by atomic mass is 15.0. The van der Waals surface area contributed by atoms with Gasteiger partial charge in [-0.15, -0.1) is 0 Å². The van der Waals surface area contributed by atoms with Crippen LogP contribution in [0.5, 0.6) is 0 Å². The molecule has 0 amide bonds. The van der Waals surface area contributed by atoms with Crippen molar-refractivity contribution >= 4 is 16.6 Å². The van der Waals surface area contributed by atoms with Gasteiger partial charge in [-0.3, -0.25) is 0 Å². The van der Waals surface area contributed by atoms with Gasteiger partial charge in [-0.05, 0) is 55.2 Å².